The lowest BCUT2D eigenvalue weighted by Crippen LogP contribution is -2.23. The van der Waals surface area contributed by atoms with Crippen molar-refractivity contribution in [2.45, 2.75) is 13.0 Å². The zero-order valence-electron chi connectivity index (χ0n) is 7.33. The van der Waals surface area contributed by atoms with Crippen LogP contribution in [0.25, 0.3) is 0 Å². The van der Waals surface area contributed by atoms with E-state index in [0.717, 1.165) is 0 Å². The van der Waals surface area contributed by atoms with Crippen LogP contribution in [0.3, 0.4) is 0 Å². The Balaban J connectivity index is 2.82. The van der Waals surface area contributed by atoms with Gasteiger partial charge in [0.05, 0.1) is 4.47 Å². The molecule has 1 unspecified atom stereocenters. The predicted octanol–water partition coefficient (Wildman–Crippen LogP) is 2.44. The second kappa shape index (κ2) is 4.41. The van der Waals surface area contributed by atoms with Crippen LogP contribution < -0.4 is 4.74 Å². The molecule has 0 aliphatic carbocycles. The first-order valence-corrected chi connectivity index (χ1v) is 4.64. The third-order valence-electron chi connectivity index (χ3n) is 1.55. The van der Waals surface area contributed by atoms with E-state index in [4.69, 9.17) is 9.84 Å². The van der Waals surface area contributed by atoms with E-state index in [1.54, 1.807) is 0 Å². The molecule has 1 aromatic rings. The van der Waals surface area contributed by atoms with E-state index in [0.29, 0.717) is 10.2 Å². The summed E-state index contributed by atoms with van der Waals surface area (Å²) in [4.78, 5) is 10.5. The summed E-state index contributed by atoms with van der Waals surface area (Å²) >= 11 is 3.07. The fraction of sp³-hybridized carbons (Fsp3) is 0.222. The molecule has 76 valence electrons. The van der Waals surface area contributed by atoms with E-state index < -0.39 is 17.9 Å². The predicted molar refractivity (Wildman–Crippen MR) is 51.8 cm³/mol. The maximum Gasteiger partial charge on any atom is 0.344 e. The first-order valence-electron chi connectivity index (χ1n) is 3.85. The summed E-state index contributed by atoms with van der Waals surface area (Å²) in [5.74, 6) is -1.17. The Morgan fingerprint density at radius 2 is 2.29 bits per heavy atom. The summed E-state index contributed by atoms with van der Waals surface area (Å²) in [5.41, 5.74) is 0. The van der Waals surface area contributed by atoms with Crippen LogP contribution >= 0.6 is 15.9 Å². The number of carboxylic acid groups (broad SMARTS) is 1. The van der Waals surface area contributed by atoms with Gasteiger partial charge in [0, 0.05) is 0 Å². The molecule has 0 saturated heterocycles. The van der Waals surface area contributed by atoms with Crippen LogP contribution in [0.15, 0.2) is 22.7 Å². The molecule has 0 amide bonds. The summed E-state index contributed by atoms with van der Waals surface area (Å²) in [6.45, 7) is 1.40. The minimum absolute atomic E-state index is 0.307. The fourth-order valence-electron chi connectivity index (χ4n) is 0.812. The van der Waals surface area contributed by atoms with E-state index in [1.807, 2.05) is 0 Å². The molecule has 0 bridgehead atoms. The lowest BCUT2D eigenvalue weighted by Gasteiger charge is -2.11. The lowest BCUT2D eigenvalue weighted by molar-refractivity contribution is -0.144. The van der Waals surface area contributed by atoms with Crippen LogP contribution in [-0.4, -0.2) is 17.2 Å². The zero-order valence-corrected chi connectivity index (χ0v) is 8.92. The number of hydrogen-bond donors (Lipinski definition) is 1. The van der Waals surface area contributed by atoms with Crippen LogP contribution in [-0.2, 0) is 4.79 Å². The van der Waals surface area contributed by atoms with Crippen LogP contribution in [0.4, 0.5) is 4.39 Å². The van der Waals surface area contributed by atoms with Crippen LogP contribution in [0.2, 0.25) is 0 Å². The molecule has 0 fully saturated rings. The van der Waals surface area contributed by atoms with Crippen molar-refractivity contribution in [1.82, 2.24) is 0 Å². The Morgan fingerprint density at radius 1 is 1.64 bits per heavy atom. The van der Waals surface area contributed by atoms with E-state index in [9.17, 15) is 9.18 Å². The number of halogens is 2. The van der Waals surface area contributed by atoms with Crippen LogP contribution in [0, 0.1) is 5.82 Å². The van der Waals surface area contributed by atoms with Gasteiger partial charge >= 0.3 is 5.97 Å². The second-order valence-corrected chi connectivity index (χ2v) is 3.53. The highest BCUT2D eigenvalue weighted by molar-refractivity contribution is 9.10. The summed E-state index contributed by atoms with van der Waals surface area (Å²) in [6, 6.07) is 3.79. The molecule has 0 aliphatic heterocycles. The molecule has 3 nitrogen and oxygen atoms in total. The average molecular weight is 263 g/mol. The minimum Gasteiger partial charge on any atom is -0.479 e. The van der Waals surface area contributed by atoms with Crippen molar-refractivity contribution in [2.24, 2.45) is 0 Å². The number of rotatable bonds is 3. The lowest BCUT2D eigenvalue weighted by atomic mass is 10.3. The Labute approximate surface area is 88.6 Å². The van der Waals surface area contributed by atoms with E-state index in [1.165, 1.54) is 25.1 Å². The van der Waals surface area contributed by atoms with Gasteiger partial charge in [0.1, 0.15) is 11.6 Å². The molecule has 0 saturated carbocycles. The number of aliphatic carboxylic acids is 1. The van der Waals surface area contributed by atoms with Gasteiger partial charge in [-0.1, -0.05) is 0 Å². The summed E-state index contributed by atoms with van der Waals surface area (Å²) < 4.78 is 18.1. The standard InChI is InChI=1S/C9H8BrFO3/c1-5(9(12)13)14-8-3-2-6(11)4-7(8)10/h2-5H,1H3,(H,12,13). The van der Waals surface area contributed by atoms with Gasteiger partial charge in [0.2, 0.25) is 0 Å². The number of carbonyl (C=O) groups is 1. The van der Waals surface area contributed by atoms with Crippen LogP contribution in [0.5, 0.6) is 5.75 Å². The molecule has 0 spiro atoms. The summed E-state index contributed by atoms with van der Waals surface area (Å²) in [6.07, 6.45) is -0.961. The topological polar surface area (TPSA) is 46.5 Å². The molecule has 0 aliphatic rings. The Kier molecular flexibility index (Phi) is 3.46. The highest BCUT2D eigenvalue weighted by atomic mass is 79.9. The van der Waals surface area contributed by atoms with Gasteiger partial charge in [-0.2, -0.15) is 0 Å². The molecule has 0 aromatic heterocycles. The summed E-state index contributed by atoms with van der Waals surface area (Å²) in [7, 11) is 0. The monoisotopic (exact) mass is 262 g/mol. The fourth-order valence-corrected chi connectivity index (χ4v) is 1.26. The molecular formula is C9H8BrFO3. The first-order chi connectivity index (χ1) is 6.50. The molecule has 0 heterocycles. The highest BCUT2D eigenvalue weighted by Gasteiger charge is 2.14. The second-order valence-electron chi connectivity index (χ2n) is 2.67. The van der Waals surface area contributed by atoms with Gasteiger partial charge in [-0.05, 0) is 41.1 Å². The van der Waals surface area contributed by atoms with Gasteiger partial charge in [-0.15, -0.1) is 0 Å². The maximum absolute atomic E-state index is 12.6. The third-order valence-corrected chi connectivity index (χ3v) is 2.17. The van der Waals surface area contributed by atoms with Crippen molar-refractivity contribution < 1.29 is 19.0 Å². The van der Waals surface area contributed by atoms with Crippen molar-refractivity contribution in [2.75, 3.05) is 0 Å². The minimum atomic E-state index is -1.07. The van der Waals surface area contributed by atoms with Crippen LogP contribution in [0.1, 0.15) is 6.92 Å². The smallest absolute Gasteiger partial charge is 0.344 e. The Morgan fingerprint density at radius 3 is 2.79 bits per heavy atom. The van der Waals surface area contributed by atoms with Crippen molar-refractivity contribution in [1.29, 1.82) is 0 Å². The van der Waals surface area contributed by atoms with Gasteiger partial charge in [-0.3, -0.25) is 0 Å². The van der Waals surface area contributed by atoms with Crippen molar-refractivity contribution in [3.05, 3.63) is 28.5 Å². The Hall–Kier alpha value is -1.10. The molecule has 0 radical (unpaired) electrons. The molecule has 1 aromatic carbocycles. The largest absolute Gasteiger partial charge is 0.479 e. The van der Waals surface area contributed by atoms with Gasteiger partial charge < -0.3 is 9.84 Å². The highest BCUT2D eigenvalue weighted by Crippen LogP contribution is 2.26. The van der Waals surface area contributed by atoms with Gasteiger partial charge in [-0.25, -0.2) is 9.18 Å². The number of hydrogen-bond acceptors (Lipinski definition) is 2. The molecule has 1 atom stereocenters. The zero-order chi connectivity index (χ0) is 10.7. The van der Waals surface area contributed by atoms with Crippen molar-refractivity contribution in [3.8, 4) is 5.75 Å². The normalized spacial score (nSPS) is 12.2. The van der Waals surface area contributed by atoms with E-state index in [2.05, 4.69) is 15.9 Å². The Bertz CT molecular complexity index is 354. The van der Waals surface area contributed by atoms with Gasteiger partial charge in [0.25, 0.3) is 0 Å². The molecular weight excluding hydrogens is 255 g/mol. The quantitative estimate of drug-likeness (QED) is 0.910. The first kappa shape index (κ1) is 11.0. The van der Waals surface area contributed by atoms with E-state index in [-0.39, 0.29) is 0 Å². The third kappa shape index (κ3) is 2.70. The average Bonchev–Trinajstić information content (AvgIpc) is 2.09. The van der Waals surface area contributed by atoms with Crippen molar-refractivity contribution >= 4 is 21.9 Å². The SMILES string of the molecule is CC(Oc1ccc(F)cc1Br)C(=O)O. The van der Waals surface area contributed by atoms with Gasteiger partial charge in [0.15, 0.2) is 6.10 Å². The summed E-state index contributed by atoms with van der Waals surface area (Å²) in [5, 5.41) is 8.57. The molecule has 5 heteroatoms. The number of carboxylic acids is 1. The van der Waals surface area contributed by atoms with Crippen molar-refractivity contribution in [3.63, 3.8) is 0 Å². The number of ether oxygens (including phenoxy) is 1. The molecule has 1 N–H and O–H groups in total. The molecule has 1 rings (SSSR count). The number of benzene rings is 1. The molecule has 14 heavy (non-hydrogen) atoms. The van der Waals surface area contributed by atoms with E-state index >= 15 is 0 Å². The maximum atomic E-state index is 12.6.